The van der Waals surface area contributed by atoms with Crippen molar-refractivity contribution >= 4 is 16.1 Å². The van der Waals surface area contributed by atoms with E-state index in [0.717, 1.165) is 5.56 Å². The van der Waals surface area contributed by atoms with E-state index in [9.17, 15) is 8.42 Å². The smallest absolute Gasteiger partial charge is 0.212 e. The van der Waals surface area contributed by atoms with Crippen LogP contribution in [0.2, 0.25) is 0 Å². The summed E-state index contributed by atoms with van der Waals surface area (Å²) in [5, 5.41) is 0. The third kappa shape index (κ3) is 3.85. The standard InChI is InChI=1S/C11H15NO2S/c1-12(2)15(13,14)10-6-9-11-7-4-3-5-8-11/h3-9H,10H2,1-2H3. The molecular weight excluding hydrogens is 210 g/mol. The Balaban J connectivity index is 2.62. The second-order valence-electron chi connectivity index (χ2n) is 3.37. The molecule has 0 saturated heterocycles. The molecule has 0 atom stereocenters. The van der Waals surface area contributed by atoms with Gasteiger partial charge in [0.1, 0.15) is 0 Å². The lowest BCUT2D eigenvalue weighted by molar-refractivity contribution is 0.524. The summed E-state index contributed by atoms with van der Waals surface area (Å²) in [6.45, 7) is 0. The van der Waals surface area contributed by atoms with Crippen LogP contribution in [0, 0.1) is 0 Å². The Bertz CT molecular complexity index is 421. The van der Waals surface area contributed by atoms with Crippen molar-refractivity contribution in [1.82, 2.24) is 4.31 Å². The number of rotatable bonds is 4. The van der Waals surface area contributed by atoms with E-state index >= 15 is 0 Å². The van der Waals surface area contributed by atoms with Crippen LogP contribution < -0.4 is 0 Å². The van der Waals surface area contributed by atoms with Gasteiger partial charge in [-0.2, -0.15) is 0 Å². The largest absolute Gasteiger partial charge is 0.217 e. The van der Waals surface area contributed by atoms with E-state index in [0.29, 0.717) is 0 Å². The molecule has 0 spiro atoms. The van der Waals surface area contributed by atoms with Crippen LogP contribution in [0.4, 0.5) is 0 Å². The Hall–Kier alpha value is -1.13. The molecule has 0 amide bonds. The van der Waals surface area contributed by atoms with Gasteiger partial charge in [-0.1, -0.05) is 42.5 Å². The second kappa shape index (κ2) is 5.09. The Morgan fingerprint density at radius 3 is 2.33 bits per heavy atom. The van der Waals surface area contributed by atoms with Crippen molar-refractivity contribution in [2.75, 3.05) is 19.8 Å². The van der Waals surface area contributed by atoms with Crippen LogP contribution in [0.1, 0.15) is 5.56 Å². The summed E-state index contributed by atoms with van der Waals surface area (Å²) < 4.78 is 24.0. The molecule has 0 bridgehead atoms. The fraction of sp³-hybridized carbons (Fsp3) is 0.273. The van der Waals surface area contributed by atoms with Crippen LogP contribution in [0.15, 0.2) is 36.4 Å². The Morgan fingerprint density at radius 1 is 1.20 bits per heavy atom. The zero-order valence-corrected chi connectivity index (χ0v) is 9.74. The molecule has 1 rings (SSSR count). The Morgan fingerprint density at radius 2 is 1.80 bits per heavy atom. The second-order valence-corrected chi connectivity index (χ2v) is 5.60. The minimum atomic E-state index is -3.12. The summed E-state index contributed by atoms with van der Waals surface area (Å²) in [7, 11) is -0.0550. The van der Waals surface area contributed by atoms with E-state index < -0.39 is 10.0 Å². The molecule has 0 heterocycles. The molecule has 0 aliphatic carbocycles. The van der Waals surface area contributed by atoms with E-state index in [2.05, 4.69) is 0 Å². The summed E-state index contributed by atoms with van der Waals surface area (Å²) >= 11 is 0. The van der Waals surface area contributed by atoms with Crippen molar-refractivity contribution in [2.24, 2.45) is 0 Å². The van der Waals surface area contributed by atoms with Gasteiger partial charge in [0.15, 0.2) is 0 Å². The SMILES string of the molecule is CN(C)S(=O)(=O)CC=Cc1ccccc1. The zero-order valence-electron chi connectivity index (χ0n) is 8.92. The maximum atomic E-state index is 11.4. The summed E-state index contributed by atoms with van der Waals surface area (Å²) in [4.78, 5) is 0. The predicted molar refractivity (Wildman–Crippen MR) is 62.9 cm³/mol. The molecule has 0 aliphatic heterocycles. The van der Waals surface area contributed by atoms with E-state index in [4.69, 9.17) is 0 Å². The summed E-state index contributed by atoms with van der Waals surface area (Å²) in [6.07, 6.45) is 3.46. The van der Waals surface area contributed by atoms with Crippen molar-refractivity contribution in [3.8, 4) is 0 Å². The predicted octanol–water partition coefficient (Wildman–Crippen LogP) is 1.59. The van der Waals surface area contributed by atoms with Crippen LogP contribution in [0.5, 0.6) is 0 Å². The van der Waals surface area contributed by atoms with E-state index in [1.54, 1.807) is 12.2 Å². The molecule has 1 aromatic rings. The van der Waals surface area contributed by atoms with Crippen molar-refractivity contribution in [3.63, 3.8) is 0 Å². The molecule has 0 saturated carbocycles. The maximum absolute atomic E-state index is 11.4. The first-order chi connectivity index (χ1) is 7.02. The quantitative estimate of drug-likeness (QED) is 0.780. The number of benzene rings is 1. The monoisotopic (exact) mass is 225 g/mol. The van der Waals surface area contributed by atoms with Gasteiger partial charge in [-0.3, -0.25) is 0 Å². The van der Waals surface area contributed by atoms with Gasteiger partial charge in [0.05, 0.1) is 5.75 Å². The first-order valence-corrected chi connectivity index (χ1v) is 6.25. The molecule has 0 N–H and O–H groups in total. The number of hydrogen-bond donors (Lipinski definition) is 0. The highest BCUT2D eigenvalue weighted by atomic mass is 32.2. The van der Waals surface area contributed by atoms with Crippen LogP contribution in [-0.2, 0) is 10.0 Å². The number of sulfonamides is 1. The Labute approximate surface area is 91.1 Å². The molecule has 1 aromatic carbocycles. The highest BCUT2D eigenvalue weighted by Gasteiger charge is 2.09. The first-order valence-electron chi connectivity index (χ1n) is 4.64. The van der Waals surface area contributed by atoms with E-state index in [-0.39, 0.29) is 5.75 Å². The Kier molecular flexibility index (Phi) is 4.05. The summed E-state index contributed by atoms with van der Waals surface area (Å²) in [6, 6.07) is 9.62. The highest BCUT2D eigenvalue weighted by molar-refractivity contribution is 7.89. The molecule has 0 aliphatic rings. The summed E-state index contributed by atoms with van der Waals surface area (Å²) in [5.41, 5.74) is 1.01. The molecule has 82 valence electrons. The minimum Gasteiger partial charge on any atom is -0.212 e. The van der Waals surface area contributed by atoms with E-state index in [1.165, 1.54) is 18.4 Å². The van der Waals surface area contributed by atoms with Crippen molar-refractivity contribution in [2.45, 2.75) is 0 Å². The van der Waals surface area contributed by atoms with Gasteiger partial charge < -0.3 is 0 Å². The molecule has 0 unspecified atom stereocenters. The average Bonchev–Trinajstić information content (AvgIpc) is 2.19. The third-order valence-electron chi connectivity index (χ3n) is 1.97. The van der Waals surface area contributed by atoms with E-state index in [1.807, 2.05) is 30.3 Å². The van der Waals surface area contributed by atoms with Crippen LogP contribution >= 0.6 is 0 Å². The van der Waals surface area contributed by atoms with Gasteiger partial charge in [0.25, 0.3) is 0 Å². The fourth-order valence-corrected chi connectivity index (χ4v) is 1.66. The van der Waals surface area contributed by atoms with Crippen molar-refractivity contribution < 1.29 is 8.42 Å². The van der Waals surface area contributed by atoms with Crippen LogP contribution in [0.3, 0.4) is 0 Å². The lowest BCUT2D eigenvalue weighted by Crippen LogP contribution is -2.24. The first kappa shape index (κ1) is 11.9. The number of nitrogens with zero attached hydrogens (tertiary/aromatic N) is 1. The molecule has 3 nitrogen and oxygen atoms in total. The van der Waals surface area contributed by atoms with Gasteiger partial charge in [0.2, 0.25) is 10.0 Å². The molecule has 4 heteroatoms. The van der Waals surface area contributed by atoms with Gasteiger partial charge >= 0.3 is 0 Å². The van der Waals surface area contributed by atoms with Gasteiger partial charge in [-0.05, 0) is 5.56 Å². The molecular formula is C11H15NO2S. The van der Waals surface area contributed by atoms with Gasteiger partial charge in [-0.15, -0.1) is 0 Å². The zero-order chi connectivity index (χ0) is 11.3. The molecule has 0 radical (unpaired) electrons. The molecule has 0 aromatic heterocycles. The topological polar surface area (TPSA) is 37.4 Å². The minimum absolute atomic E-state index is 0.0366. The van der Waals surface area contributed by atoms with Crippen LogP contribution in [-0.4, -0.2) is 32.6 Å². The van der Waals surface area contributed by atoms with Crippen molar-refractivity contribution in [3.05, 3.63) is 42.0 Å². The normalized spacial score (nSPS) is 12.5. The van der Waals surface area contributed by atoms with Gasteiger partial charge in [0, 0.05) is 14.1 Å². The average molecular weight is 225 g/mol. The lowest BCUT2D eigenvalue weighted by atomic mass is 10.2. The molecule has 0 fully saturated rings. The lowest BCUT2D eigenvalue weighted by Gasteiger charge is -2.08. The summed E-state index contributed by atoms with van der Waals surface area (Å²) in [5.74, 6) is 0.0366. The maximum Gasteiger partial charge on any atom is 0.217 e. The highest BCUT2D eigenvalue weighted by Crippen LogP contribution is 2.02. The van der Waals surface area contributed by atoms with Crippen molar-refractivity contribution in [1.29, 1.82) is 0 Å². The van der Waals surface area contributed by atoms with Crippen LogP contribution in [0.25, 0.3) is 6.08 Å². The fourth-order valence-electron chi connectivity index (χ4n) is 1.02. The van der Waals surface area contributed by atoms with Gasteiger partial charge in [-0.25, -0.2) is 12.7 Å². The number of hydrogen-bond acceptors (Lipinski definition) is 2. The third-order valence-corrected chi connectivity index (χ3v) is 3.70. The molecule has 15 heavy (non-hydrogen) atoms.